The first-order valence-electron chi connectivity index (χ1n) is 6.16. The van der Waals surface area contributed by atoms with Gasteiger partial charge in [0, 0.05) is 24.1 Å². The fraction of sp³-hybridized carbons (Fsp3) is 0.385. The van der Waals surface area contributed by atoms with Gasteiger partial charge in [0.15, 0.2) is 6.61 Å². The summed E-state index contributed by atoms with van der Waals surface area (Å²) in [6.45, 7) is -0.404. The number of hydrogen-bond donors (Lipinski definition) is 2. The van der Waals surface area contributed by atoms with Gasteiger partial charge in [0.1, 0.15) is 11.8 Å². The van der Waals surface area contributed by atoms with Crippen LogP contribution in [0.2, 0.25) is 10.0 Å². The maximum atomic E-state index is 12.0. The number of ether oxygens (including phenoxy) is 1. The van der Waals surface area contributed by atoms with Crippen LogP contribution < -0.4 is 4.74 Å². The molecule has 2 atom stereocenters. The molecular formula is C13H13Cl2NO5. The highest BCUT2D eigenvalue weighted by Gasteiger charge is 2.38. The van der Waals surface area contributed by atoms with Crippen LogP contribution in [0, 0.1) is 0 Å². The second kappa shape index (κ2) is 6.51. The van der Waals surface area contributed by atoms with E-state index in [1.165, 1.54) is 12.1 Å². The number of aliphatic carboxylic acids is 1. The molecule has 0 spiro atoms. The zero-order valence-electron chi connectivity index (χ0n) is 10.8. The minimum atomic E-state index is -1.15. The third-order valence-corrected chi connectivity index (χ3v) is 3.68. The zero-order valence-corrected chi connectivity index (χ0v) is 12.3. The Hall–Kier alpha value is -1.50. The average molecular weight is 334 g/mol. The number of β-amino-alcohol motifs (C(OH)–C–C–N with tert-alkyl or cyclic N) is 1. The molecule has 1 fully saturated rings. The van der Waals surface area contributed by atoms with E-state index in [0.717, 1.165) is 4.90 Å². The van der Waals surface area contributed by atoms with E-state index in [1.807, 2.05) is 0 Å². The van der Waals surface area contributed by atoms with E-state index in [0.29, 0.717) is 10.0 Å². The Balaban J connectivity index is 2.01. The van der Waals surface area contributed by atoms with E-state index >= 15 is 0 Å². The number of amides is 1. The third kappa shape index (κ3) is 3.78. The maximum Gasteiger partial charge on any atom is 0.326 e. The molecule has 1 aromatic carbocycles. The number of likely N-dealkylation sites (tertiary alicyclic amines) is 1. The Morgan fingerprint density at radius 2 is 2.10 bits per heavy atom. The van der Waals surface area contributed by atoms with Gasteiger partial charge in [-0.05, 0) is 12.1 Å². The normalized spacial score (nSPS) is 21.4. The number of aliphatic hydroxyl groups excluding tert-OH is 1. The molecule has 2 rings (SSSR count). The van der Waals surface area contributed by atoms with Gasteiger partial charge in [0.2, 0.25) is 0 Å². The lowest BCUT2D eigenvalue weighted by Gasteiger charge is -2.21. The highest BCUT2D eigenvalue weighted by atomic mass is 35.5. The van der Waals surface area contributed by atoms with Gasteiger partial charge in [-0.15, -0.1) is 0 Å². The second-order valence-corrected chi connectivity index (χ2v) is 5.50. The van der Waals surface area contributed by atoms with Crippen molar-refractivity contribution in [3.63, 3.8) is 0 Å². The number of carbonyl (C=O) groups excluding carboxylic acids is 1. The second-order valence-electron chi connectivity index (χ2n) is 4.65. The van der Waals surface area contributed by atoms with E-state index in [9.17, 15) is 14.7 Å². The highest BCUT2D eigenvalue weighted by molar-refractivity contribution is 6.34. The predicted molar refractivity (Wildman–Crippen MR) is 75.7 cm³/mol. The van der Waals surface area contributed by atoms with Crippen molar-refractivity contribution >= 4 is 35.1 Å². The van der Waals surface area contributed by atoms with Crippen molar-refractivity contribution in [2.75, 3.05) is 13.2 Å². The van der Waals surface area contributed by atoms with E-state index in [-0.39, 0.29) is 25.3 Å². The zero-order chi connectivity index (χ0) is 15.6. The van der Waals surface area contributed by atoms with Gasteiger partial charge in [-0.2, -0.15) is 0 Å². The molecule has 0 aromatic heterocycles. The largest absolute Gasteiger partial charge is 0.482 e. The number of carboxylic acids is 1. The van der Waals surface area contributed by atoms with Crippen molar-refractivity contribution in [1.29, 1.82) is 0 Å². The van der Waals surface area contributed by atoms with Crippen LogP contribution >= 0.6 is 23.2 Å². The lowest BCUT2D eigenvalue weighted by Crippen LogP contribution is -2.42. The Bertz CT molecular complexity index is 565. The molecule has 21 heavy (non-hydrogen) atoms. The number of carboxylic acid groups (broad SMARTS) is 1. The van der Waals surface area contributed by atoms with Crippen LogP contribution in [0.3, 0.4) is 0 Å². The standard InChI is InChI=1S/C13H13Cl2NO5/c14-7-1-2-9(15)11(3-7)21-6-12(18)16-5-8(17)4-10(16)13(19)20/h1-3,8,10,17H,4-6H2,(H,19,20)/t8-,10-/m1/s1. The number of aliphatic hydroxyl groups is 1. The molecular weight excluding hydrogens is 321 g/mol. The lowest BCUT2D eigenvalue weighted by molar-refractivity contribution is -0.148. The summed E-state index contributed by atoms with van der Waals surface area (Å²) in [5.74, 6) is -1.44. The van der Waals surface area contributed by atoms with Crippen molar-refractivity contribution in [3.8, 4) is 5.75 Å². The summed E-state index contributed by atoms with van der Waals surface area (Å²) in [4.78, 5) is 24.2. The quantitative estimate of drug-likeness (QED) is 0.870. The third-order valence-electron chi connectivity index (χ3n) is 3.13. The molecule has 2 N–H and O–H groups in total. The van der Waals surface area contributed by atoms with Crippen molar-refractivity contribution < 1.29 is 24.5 Å². The summed E-state index contributed by atoms with van der Waals surface area (Å²) < 4.78 is 5.27. The number of rotatable bonds is 4. The lowest BCUT2D eigenvalue weighted by atomic mass is 10.2. The van der Waals surface area contributed by atoms with Gasteiger partial charge in [-0.3, -0.25) is 4.79 Å². The number of hydrogen-bond acceptors (Lipinski definition) is 4. The molecule has 1 saturated heterocycles. The number of nitrogens with zero attached hydrogens (tertiary/aromatic N) is 1. The summed E-state index contributed by atoms with van der Waals surface area (Å²) in [6.07, 6.45) is -0.830. The monoisotopic (exact) mass is 333 g/mol. The van der Waals surface area contributed by atoms with Gasteiger partial charge in [0.25, 0.3) is 5.91 Å². The first kappa shape index (κ1) is 15.9. The number of benzene rings is 1. The Labute approximate surface area is 130 Å². The van der Waals surface area contributed by atoms with Crippen LogP contribution in [0.15, 0.2) is 18.2 Å². The molecule has 1 aliphatic heterocycles. The molecule has 0 aliphatic carbocycles. The number of halogens is 2. The van der Waals surface area contributed by atoms with Gasteiger partial charge >= 0.3 is 5.97 Å². The molecule has 0 radical (unpaired) electrons. The van der Waals surface area contributed by atoms with Crippen molar-refractivity contribution in [1.82, 2.24) is 4.90 Å². The average Bonchev–Trinajstić information content (AvgIpc) is 2.82. The predicted octanol–water partition coefficient (Wildman–Crippen LogP) is 1.42. The van der Waals surface area contributed by atoms with Crippen molar-refractivity contribution in [2.24, 2.45) is 0 Å². The molecule has 1 amide bonds. The topological polar surface area (TPSA) is 87.1 Å². The molecule has 1 aromatic rings. The summed E-state index contributed by atoms with van der Waals surface area (Å²) in [7, 11) is 0. The van der Waals surface area contributed by atoms with Gasteiger partial charge in [-0.1, -0.05) is 23.2 Å². The molecule has 0 unspecified atom stereocenters. The number of carbonyl (C=O) groups is 2. The van der Waals surface area contributed by atoms with Crippen LogP contribution in [0.4, 0.5) is 0 Å². The van der Waals surface area contributed by atoms with Crippen molar-refractivity contribution in [2.45, 2.75) is 18.6 Å². The van der Waals surface area contributed by atoms with Crippen LogP contribution in [-0.2, 0) is 9.59 Å². The minimum Gasteiger partial charge on any atom is -0.482 e. The fourth-order valence-electron chi connectivity index (χ4n) is 2.13. The molecule has 0 saturated carbocycles. The van der Waals surface area contributed by atoms with E-state index in [2.05, 4.69) is 0 Å². The van der Waals surface area contributed by atoms with Crippen LogP contribution in [-0.4, -0.2) is 52.3 Å². The summed E-state index contributed by atoms with van der Waals surface area (Å²) in [5.41, 5.74) is 0. The molecule has 1 aliphatic rings. The van der Waals surface area contributed by atoms with E-state index in [4.69, 9.17) is 33.0 Å². The van der Waals surface area contributed by atoms with E-state index < -0.39 is 24.0 Å². The van der Waals surface area contributed by atoms with Crippen LogP contribution in [0.1, 0.15) is 6.42 Å². The summed E-state index contributed by atoms with van der Waals surface area (Å²) in [6, 6.07) is 3.54. The highest BCUT2D eigenvalue weighted by Crippen LogP contribution is 2.28. The maximum absolute atomic E-state index is 12.0. The van der Waals surface area contributed by atoms with Gasteiger partial charge in [-0.25, -0.2) is 4.79 Å². The Morgan fingerprint density at radius 1 is 1.38 bits per heavy atom. The molecule has 6 nitrogen and oxygen atoms in total. The Kier molecular flexibility index (Phi) is 4.92. The van der Waals surface area contributed by atoms with Crippen molar-refractivity contribution in [3.05, 3.63) is 28.2 Å². The minimum absolute atomic E-state index is 0.0129. The van der Waals surface area contributed by atoms with Crippen LogP contribution in [0.5, 0.6) is 5.75 Å². The molecule has 8 heteroatoms. The molecule has 114 valence electrons. The molecule has 1 heterocycles. The first-order chi connectivity index (χ1) is 9.88. The Morgan fingerprint density at radius 3 is 2.76 bits per heavy atom. The fourth-order valence-corrected chi connectivity index (χ4v) is 2.47. The smallest absolute Gasteiger partial charge is 0.326 e. The van der Waals surface area contributed by atoms with E-state index in [1.54, 1.807) is 6.07 Å². The summed E-state index contributed by atoms with van der Waals surface area (Å²) >= 11 is 11.7. The molecule has 0 bridgehead atoms. The van der Waals surface area contributed by atoms with Gasteiger partial charge in [0.05, 0.1) is 11.1 Å². The van der Waals surface area contributed by atoms with Crippen LogP contribution in [0.25, 0.3) is 0 Å². The summed E-state index contributed by atoms with van der Waals surface area (Å²) in [5, 5.41) is 19.2. The first-order valence-corrected chi connectivity index (χ1v) is 6.92. The van der Waals surface area contributed by atoms with Gasteiger partial charge < -0.3 is 19.8 Å². The SMILES string of the molecule is O=C(O)[C@H]1C[C@@H](O)CN1C(=O)COc1cc(Cl)ccc1Cl.